The first-order chi connectivity index (χ1) is 9.50. The van der Waals surface area contributed by atoms with Gasteiger partial charge in [0.2, 0.25) is 0 Å². The van der Waals surface area contributed by atoms with Crippen LogP contribution in [0, 0.1) is 11.8 Å². The highest BCUT2D eigenvalue weighted by Crippen LogP contribution is 2.34. The van der Waals surface area contributed by atoms with Crippen LogP contribution in [0.5, 0.6) is 0 Å². The third kappa shape index (κ3) is 3.43. The third-order valence-corrected chi connectivity index (χ3v) is 4.71. The monoisotopic (exact) mass is 295 g/mol. The van der Waals surface area contributed by atoms with Gasteiger partial charge < -0.3 is 5.32 Å². The fourth-order valence-electron chi connectivity index (χ4n) is 3.31. The summed E-state index contributed by atoms with van der Waals surface area (Å²) in [7, 11) is 0. The molecule has 0 aliphatic heterocycles. The Balaban J connectivity index is 2.22. The van der Waals surface area contributed by atoms with Gasteiger partial charge in [0.1, 0.15) is 17.3 Å². The second-order valence-electron chi connectivity index (χ2n) is 6.52. The Labute approximate surface area is 127 Å². The van der Waals surface area contributed by atoms with Crippen molar-refractivity contribution in [3.63, 3.8) is 0 Å². The summed E-state index contributed by atoms with van der Waals surface area (Å²) in [6.07, 6.45) is 6.75. The summed E-state index contributed by atoms with van der Waals surface area (Å²) in [5, 5.41) is 4.25. The molecule has 3 nitrogen and oxygen atoms in total. The van der Waals surface area contributed by atoms with E-state index in [4.69, 9.17) is 11.6 Å². The quantitative estimate of drug-likeness (QED) is 0.804. The molecule has 1 aromatic rings. The Morgan fingerprint density at radius 1 is 1.15 bits per heavy atom. The van der Waals surface area contributed by atoms with Crippen molar-refractivity contribution in [1.82, 2.24) is 9.97 Å². The summed E-state index contributed by atoms with van der Waals surface area (Å²) >= 11 is 6.25. The average molecular weight is 296 g/mol. The van der Waals surface area contributed by atoms with Crippen molar-refractivity contribution in [3.05, 3.63) is 17.0 Å². The molecule has 1 N–H and O–H groups in total. The minimum absolute atomic E-state index is 0.326. The van der Waals surface area contributed by atoms with E-state index < -0.39 is 0 Å². The lowest BCUT2D eigenvalue weighted by atomic mass is 9.78. The first kappa shape index (κ1) is 15.6. The number of rotatable bonds is 4. The predicted molar refractivity (Wildman–Crippen MR) is 85.3 cm³/mol. The van der Waals surface area contributed by atoms with Crippen LogP contribution in [0.4, 0.5) is 5.82 Å². The topological polar surface area (TPSA) is 37.8 Å². The van der Waals surface area contributed by atoms with Gasteiger partial charge in [-0.15, -0.1) is 0 Å². The molecule has 1 fully saturated rings. The van der Waals surface area contributed by atoms with Crippen LogP contribution in [0.3, 0.4) is 0 Å². The van der Waals surface area contributed by atoms with Crippen LogP contribution in [0.15, 0.2) is 6.33 Å². The van der Waals surface area contributed by atoms with Crippen molar-refractivity contribution < 1.29 is 0 Å². The Morgan fingerprint density at radius 3 is 2.50 bits per heavy atom. The maximum atomic E-state index is 6.25. The van der Waals surface area contributed by atoms with Crippen molar-refractivity contribution >= 4 is 17.4 Å². The molecule has 0 saturated heterocycles. The first-order valence-electron chi connectivity index (χ1n) is 7.77. The molecule has 0 spiro atoms. The molecule has 0 bridgehead atoms. The Bertz CT molecular complexity index is 445. The molecule has 0 amide bonds. The van der Waals surface area contributed by atoms with Crippen LogP contribution in [-0.2, 0) is 0 Å². The van der Waals surface area contributed by atoms with E-state index in [1.54, 1.807) is 6.33 Å². The Hall–Kier alpha value is -0.830. The van der Waals surface area contributed by atoms with Gasteiger partial charge in [0.05, 0.1) is 0 Å². The van der Waals surface area contributed by atoms with E-state index in [-0.39, 0.29) is 0 Å². The summed E-state index contributed by atoms with van der Waals surface area (Å²) in [4.78, 5) is 8.56. The van der Waals surface area contributed by atoms with E-state index in [1.165, 1.54) is 25.7 Å². The molecule has 1 aliphatic rings. The van der Waals surface area contributed by atoms with E-state index in [0.717, 1.165) is 17.3 Å². The van der Waals surface area contributed by atoms with Gasteiger partial charge in [-0.05, 0) is 30.6 Å². The van der Waals surface area contributed by atoms with Crippen molar-refractivity contribution in [2.45, 2.75) is 65.3 Å². The molecule has 1 aliphatic carbocycles. The first-order valence-corrected chi connectivity index (χ1v) is 8.15. The summed E-state index contributed by atoms with van der Waals surface area (Å²) in [5.41, 5.74) is 1.04. The zero-order valence-electron chi connectivity index (χ0n) is 13.0. The molecule has 0 aromatic carbocycles. The van der Waals surface area contributed by atoms with Crippen LogP contribution in [0.1, 0.15) is 64.9 Å². The van der Waals surface area contributed by atoms with Gasteiger partial charge in [-0.2, -0.15) is 0 Å². The zero-order chi connectivity index (χ0) is 14.7. The molecule has 2 unspecified atom stereocenters. The molecule has 0 radical (unpaired) electrons. The number of hydrogen-bond acceptors (Lipinski definition) is 3. The lowest BCUT2D eigenvalue weighted by Gasteiger charge is -2.35. The van der Waals surface area contributed by atoms with Gasteiger partial charge in [0.25, 0.3) is 0 Å². The van der Waals surface area contributed by atoms with Crippen LogP contribution >= 0.6 is 11.6 Å². The molecular formula is C16H26ClN3. The molecular weight excluding hydrogens is 270 g/mol. The molecule has 2 rings (SSSR count). The average Bonchev–Trinajstić information content (AvgIpc) is 2.38. The second kappa shape index (κ2) is 6.75. The molecule has 4 heteroatoms. The van der Waals surface area contributed by atoms with Crippen molar-refractivity contribution in [1.29, 1.82) is 0 Å². The molecule has 112 valence electrons. The summed E-state index contributed by atoms with van der Waals surface area (Å²) in [6, 6.07) is 0.507. The lowest BCUT2D eigenvalue weighted by Crippen LogP contribution is -2.36. The minimum Gasteiger partial charge on any atom is -0.367 e. The Kier molecular flexibility index (Phi) is 5.25. The smallest absolute Gasteiger partial charge is 0.138 e. The number of anilines is 1. The molecule has 1 heterocycles. The molecule has 1 saturated carbocycles. The van der Waals surface area contributed by atoms with Crippen LogP contribution < -0.4 is 5.32 Å². The summed E-state index contributed by atoms with van der Waals surface area (Å²) in [5.74, 6) is 2.68. The fraction of sp³-hybridized carbons (Fsp3) is 0.750. The second-order valence-corrected chi connectivity index (χ2v) is 6.88. The lowest BCUT2D eigenvalue weighted by molar-refractivity contribution is 0.253. The number of hydrogen-bond donors (Lipinski definition) is 1. The number of aromatic nitrogens is 2. The maximum absolute atomic E-state index is 6.25. The SMILES string of the molecule is CC(C)c1c(Cl)ncnc1NC1CCCCC1C(C)C. The van der Waals surface area contributed by atoms with Crippen molar-refractivity contribution in [2.24, 2.45) is 11.8 Å². The van der Waals surface area contributed by atoms with Crippen LogP contribution in [0.2, 0.25) is 5.15 Å². The van der Waals surface area contributed by atoms with E-state index in [9.17, 15) is 0 Å². The third-order valence-electron chi connectivity index (χ3n) is 4.41. The highest BCUT2D eigenvalue weighted by Gasteiger charge is 2.28. The van der Waals surface area contributed by atoms with Crippen LogP contribution in [0.25, 0.3) is 0 Å². The van der Waals surface area contributed by atoms with Crippen molar-refractivity contribution in [3.8, 4) is 0 Å². The fourth-order valence-corrected chi connectivity index (χ4v) is 3.66. The van der Waals surface area contributed by atoms with E-state index in [2.05, 4.69) is 43.0 Å². The zero-order valence-corrected chi connectivity index (χ0v) is 13.7. The number of halogens is 1. The summed E-state index contributed by atoms with van der Waals surface area (Å²) < 4.78 is 0. The largest absolute Gasteiger partial charge is 0.367 e. The van der Waals surface area contributed by atoms with E-state index >= 15 is 0 Å². The highest BCUT2D eigenvalue weighted by atomic mass is 35.5. The molecule has 20 heavy (non-hydrogen) atoms. The normalized spacial score (nSPS) is 23.4. The predicted octanol–water partition coefficient (Wildman–Crippen LogP) is 4.88. The maximum Gasteiger partial charge on any atom is 0.138 e. The summed E-state index contributed by atoms with van der Waals surface area (Å²) in [6.45, 7) is 8.91. The van der Waals surface area contributed by atoms with Gasteiger partial charge in [-0.25, -0.2) is 9.97 Å². The van der Waals surface area contributed by atoms with Gasteiger partial charge in [-0.3, -0.25) is 0 Å². The number of nitrogens with zero attached hydrogens (tertiary/aromatic N) is 2. The minimum atomic E-state index is 0.326. The van der Waals surface area contributed by atoms with E-state index in [1.807, 2.05) is 0 Å². The van der Waals surface area contributed by atoms with E-state index in [0.29, 0.717) is 23.0 Å². The number of nitrogens with one attached hydrogen (secondary N) is 1. The highest BCUT2D eigenvalue weighted by molar-refractivity contribution is 6.30. The standard InChI is InChI=1S/C16H26ClN3/c1-10(2)12-7-5-6-8-13(12)20-16-14(11(3)4)15(17)18-9-19-16/h9-13H,5-8H2,1-4H3,(H,18,19,20). The van der Waals surface area contributed by atoms with Gasteiger partial charge in [0.15, 0.2) is 0 Å². The molecule has 2 atom stereocenters. The Morgan fingerprint density at radius 2 is 1.85 bits per heavy atom. The van der Waals surface area contributed by atoms with Crippen molar-refractivity contribution in [2.75, 3.05) is 5.32 Å². The van der Waals surface area contributed by atoms with Gasteiger partial charge >= 0.3 is 0 Å². The van der Waals surface area contributed by atoms with Crippen LogP contribution in [-0.4, -0.2) is 16.0 Å². The van der Waals surface area contributed by atoms with Gasteiger partial charge in [-0.1, -0.05) is 52.1 Å². The van der Waals surface area contributed by atoms with Gasteiger partial charge in [0, 0.05) is 11.6 Å². The molecule has 1 aromatic heterocycles.